The van der Waals surface area contributed by atoms with Crippen LogP contribution in [0.25, 0.3) is 10.9 Å². The predicted molar refractivity (Wildman–Crippen MR) is 110 cm³/mol. The monoisotopic (exact) mass is 408 g/mol. The molecule has 2 heterocycles. The molecule has 0 saturated carbocycles. The van der Waals surface area contributed by atoms with E-state index in [0.29, 0.717) is 27.4 Å². The van der Waals surface area contributed by atoms with E-state index in [1.54, 1.807) is 55.7 Å². The first-order chi connectivity index (χ1) is 14.1. The van der Waals surface area contributed by atoms with Crippen molar-refractivity contribution in [3.8, 4) is 5.75 Å². The zero-order valence-corrected chi connectivity index (χ0v) is 16.2. The van der Waals surface area contributed by atoms with Gasteiger partial charge in [-0.25, -0.2) is 4.79 Å². The summed E-state index contributed by atoms with van der Waals surface area (Å²) in [6, 6.07) is 17.5. The number of hydrogen-bond donors (Lipinski definition) is 1. The summed E-state index contributed by atoms with van der Waals surface area (Å²) < 4.78 is 11.2. The molecule has 0 aliphatic heterocycles. The number of ether oxygens (including phenoxy) is 1. The minimum atomic E-state index is -1.01. The summed E-state index contributed by atoms with van der Waals surface area (Å²) >= 11 is 6.40. The fraction of sp³-hybridized carbons (Fsp3) is 0.0909. The van der Waals surface area contributed by atoms with Crippen LogP contribution in [-0.2, 0) is 4.74 Å². The summed E-state index contributed by atoms with van der Waals surface area (Å²) in [5, 5.41) is 11.8. The van der Waals surface area contributed by atoms with Crippen LogP contribution in [0.15, 0.2) is 77.5 Å². The second-order valence-electron chi connectivity index (χ2n) is 6.37. The third-order valence-electron chi connectivity index (χ3n) is 4.57. The Balaban J connectivity index is 1.75. The second-order valence-corrected chi connectivity index (χ2v) is 6.78. The highest BCUT2D eigenvalue weighted by Crippen LogP contribution is 2.40. The smallest absolute Gasteiger partial charge is 0.415 e. The van der Waals surface area contributed by atoms with E-state index in [-0.39, 0.29) is 11.3 Å². The zero-order chi connectivity index (χ0) is 20.4. The number of furan rings is 1. The van der Waals surface area contributed by atoms with E-state index in [4.69, 9.17) is 20.8 Å². The summed E-state index contributed by atoms with van der Waals surface area (Å²) in [6.07, 6.45) is 1.40. The number of para-hydroxylation sites is 1. The molecule has 1 N–H and O–H groups in total. The molecule has 1 atom stereocenters. The van der Waals surface area contributed by atoms with E-state index in [1.165, 1.54) is 11.2 Å². The lowest BCUT2D eigenvalue weighted by Crippen LogP contribution is -2.28. The molecule has 0 bridgehead atoms. The van der Waals surface area contributed by atoms with Crippen LogP contribution in [0.1, 0.15) is 17.4 Å². The van der Waals surface area contributed by atoms with Crippen molar-refractivity contribution in [3.63, 3.8) is 0 Å². The van der Waals surface area contributed by atoms with E-state index < -0.39 is 12.2 Å². The van der Waals surface area contributed by atoms with E-state index >= 15 is 0 Å². The van der Waals surface area contributed by atoms with Gasteiger partial charge < -0.3 is 14.3 Å². The molecule has 1 unspecified atom stereocenters. The first kappa shape index (κ1) is 18.8. The number of phenols is 1. The first-order valence-electron chi connectivity index (χ1n) is 8.85. The largest absolute Gasteiger partial charge is 0.505 e. The maximum absolute atomic E-state index is 12.8. The molecule has 29 heavy (non-hydrogen) atoms. The van der Waals surface area contributed by atoms with Crippen molar-refractivity contribution in [2.24, 2.45) is 0 Å². The van der Waals surface area contributed by atoms with Gasteiger partial charge in [0.05, 0.1) is 11.3 Å². The van der Waals surface area contributed by atoms with Crippen LogP contribution in [0.2, 0.25) is 5.02 Å². The van der Waals surface area contributed by atoms with Crippen LogP contribution in [0, 0.1) is 0 Å². The van der Waals surface area contributed by atoms with Crippen LogP contribution >= 0.6 is 11.6 Å². The summed E-state index contributed by atoms with van der Waals surface area (Å²) in [7, 11) is 1.60. The summed E-state index contributed by atoms with van der Waals surface area (Å²) in [5.74, 6) is 0.225. The lowest BCUT2D eigenvalue weighted by atomic mass is 10.0. The van der Waals surface area contributed by atoms with Gasteiger partial charge in [0.1, 0.15) is 17.0 Å². The average Bonchev–Trinajstić information content (AvgIpc) is 3.29. The number of carbonyl (C=O) groups is 1. The van der Waals surface area contributed by atoms with Crippen molar-refractivity contribution in [1.29, 1.82) is 0 Å². The number of phenolic OH excluding ortho intramolecular Hbond substituents is 1. The molecule has 146 valence electrons. The molecule has 1 amide bonds. The van der Waals surface area contributed by atoms with Gasteiger partial charge in [0, 0.05) is 29.9 Å². The van der Waals surface area contributed by atoms with Crippen LogP contribution in [0.5, 0.6) is 5.75 Å². The maximum Gasteiger partial charge on any atom is 0.415 e. The quantitative estimate of drug-likeness (QED) is 0.479. The third-order valence-corrected chi connectivity index (χ3v) is 4.88. The number of nitrogens with zero attached hydrogens (tertiary/aromatic N) is 2. The Bertz CT molecular complexity index is 1150. The second kappa shape index (κ2) is 7.85. The number of pyridine rings is 1. The molecule has 2 aromatic carbocycles. The van der Waals surface area contributed by atoms with Crippen LogP contribution in [-0.4, -0.2) is 23.2 Å². The number of aromatic hydroxyl groups is 1. The Morgan fingerprint density at radius 1 is 1.17 bits per heavy atom. The molecule has 2 aromatic heterocycles. The molecule has 0 spiro atoms. The standard InChI is InChI=1S/C22H17ClN2O4/c1-25(14-7-3-2-4-8-14)22(27)29-21(18-10-6-12-28-18)16-13-17(23)15-9-5-11-24-19(15)20(16)26/h2-13,21,26H,1H3. The number of anilines is 1. The highest BCUT2D eigenvalue weighted by molar-refractivity contribution is 6.35. The predicted octanol–water partition coefficient (Wildman–Crippen LogP) is 5.55. The minimum Gasteiger partial charge on any atom is -0.505 e. The lowest BCUT2D eigenvalue weighted by molar-refractivity contribution is 0.112. The Kier molecular flexibility index (Phi) is 5.10. The fourth-order valence-electron chi connectivity index (χ4n) is 3.06. The molecule has 0 saturated heterocycles. The van der Waals surface area contributed by atoms with Crippen molar-refractivity contribution in [2.75, 3.05) is 11.9 Å². The van der Waals surface area contributed by atoms with Crippen molar-refractivity contribution in [1.82, 2.24) is 4.98 Å². The molecular weight excluding hydrogens is 392 g/mol. The molecule has 7 heteroatoms. The number of carbonyl (C=O) groups excluding carboxylic acids is 1. The van der Waals surface area contributed by atoms with Gasteiger partial charge in [0.2, 0.25) is 0 Å². The van der Waals surface area contributed by atoms with Crippen molar-refractivity contribution < 1.29 is 19.1 Å². The van der Waals surface area contributed by atoms with Gasteiger partial charge in [0.15, 0.2) is 6.10 Å². The number of benzene rings is 2. The van der Waals surface area contributed by atoms with E-state index in [1.807, 2.05) is 18.2 Å². The Labute approximate surface area is 171 Å². The molecule has 0 aliphatic carbocycles. The van der Waals surface area contributed by atoms with E-state index in [2.05, 4.69) is 4.98 Å². The Morgan fingerprint density at radius 3 is 2.69 bits per heavy atom. The normalized spacial score (nSPS) is 11.9. The van der Waals surface area contributed by atoms with Crippen molar-refractivity contribution in [2.45, 2.75) is 6.10 Å². The summed E-state index contributed by atoms with van der Waals surface area (Å²) in [5.41, 5.74) is 1.27. The minimum absolute atomic E-state index is 0.124. The molecule has 0 aliphatic rings. The third kappa shape index (κ3) is 3.62. The topological polar surface area (TPSA) is 75.8 Å². The zero-order valence-electron chi connectivity index (χ0n) is 15.4. The number of amides is 1. The van der Waals surface area contributed by atoms with Gasteiger partial charge in [0.25, 0.3) is 0 Å². The maximum atomic E-state index is 12.8. The summed E-state index contributed by atoms with van der Waals surface area (Å²) in [4.78, 5) is 18.4. The van der Waals surface area contributed by atoms with Crippen molar-refractivity contribution in [3.05, 3.63) is 89.5 Å². The van der Waals surface area contributed by atoms with E-state index in [0.717, 1.165) is 0 Å². The number of rotatable bonds is 4. The molecule has 4 aromatic rings. The van der Waals surface area contributed by atoms with Gasteiger partial charge in [-0.2, -0.15) is 0 Å². The highest BCUT2D eigenvalue weighted by atomic mass is 35.5. The van der Waals surface area contributed by atoms with E-state index in [9.17, 15) is 9.90 Å². The molecule has 0 fully saturated rings. The SMILES string of the molecule is CN(C(=O)OC(c1ccco1)c1cc(Cl)c2cccnc2c1O)c1ccccc1. The number of halogens is 1. The van der Waals surface area contributed by atoms with Crippen LogP contribution in [0.4, 0.5) is 10.5 Å². The Hall–Kier alpha value is -3.51. The molecule has 4 rings (SSSR count). The van der Waals surface area contributed by atoms with Gasteiger partial charge in [-0.15, -0.1) is 0 Å². The molecule has 6 nitrogen and oxygen atoms in total. The fourth-order valence-corrected chi connectivity index (χ4v) is 3.33. The first-order valence-corrected chi connectivity index (χ1v) is 9.23. The average molecular weight is 409 g/mol. The van der Waals surface area contributed by atoms with Gasteiger partial charge in [-0.3, -0.25) is 9.88 Å². The number of fused-ring (bicyclic) bond motifs is 1. The van der Waals surface area contributed by atoms with Gasteiger partial charge >= 0.3 is 6.09 Å². The highest BCUT2D eigenvalue weighted by Gasteiger charge is 2.28. The summed E-state index contributed by atoms with van der Waals surface area (Å²) in [6.45, 7) is 0. The van der Waals surface area contributed by atoms with Gasteiger partial charge in [-0.1, -0.05) is 29.8 Å². The van der Waals surface area contributed by atoms with Crippen molar-refractivity contribution >= 4 is 34.3 Å². The molecule has 0 radical (unpaired) electrons. The van der Waals surface area contributed by atoms with Crippen LogP contribution < -0.4 is 4.90 Å². The number of hydrogen-bond acceptors (Lipinski definition) is 5. The number of aromatic nitrogens is 1. The van der Waals surface area contributed by atoms with Crippen LogP contribution in [0.3, 0.4) is 0 Å². The van der Waals surface area contributed by atoms with Gasteiger partial charge in [-0.05, 0) is 42.5 Å². The Morgan fingerprint density at radius 2 is 1.97 bits per heavy atom. The lowest BCUT2D eigenvalue weighted by Gasteiger charge is -2.23. The molecular formula is C22H17ClN2O4.